The van der Waals surface area contributed by atoms with E-state index in [9.17, 15) is 0 Å². The quantitative estimate of drug-likeness (QED) is 0.897. The van der Waals surface area contributed by atoms with Crippen LogP contribution in [-0.2, 0) is 17.9 Å². The molecule has 1 rings (SSSR count). The average molecular weight is 286 g/mol. The smallest absolute Gasteiger partial charge is 0.0735 e. The van der Waals surface area contributed by atoms with Gasteiger partial charge in [-0.2, -0.15) is 0 Å². The highest BCUT2D eigenvalue weighted by Gasteiger charge is 2.15. The van der Waals surface area contributed by atoms with Crippen molar-refractivity contribution in [3.63, 3.8) is 0 Å². The summed E-state index contributed by atoms with van der Waals surface area (Å²) in [6.07, 6.45) is 1.01. The van der Waals surface area contributed by atoms with Crippen LogP contribution < -0.4 is 5.73 Å². The molecule has 3 heteroatoms. The number of halogens is 1. The Kier molecular flexibility index (Phi) is 4.96. The number of benzene rings is 1. The van der Waals surface area contributed by atoms with Crippen LogP contribution >= 0.6 is 15.9 Å². The molecule has 0 aliphatic heterocycles. The van der Waals surface area contributed by atoms with Crippen molar-refractivity contribution < 1.29 is 4.74 Å². The lowest BCUT2D eigenvalue weighted by atomic mass is 10.1. The zero-order valence-corrected chi connectivity index (χ0v) is 11.8. The summed E-state index contributed by atoms with van der Waals surface area (Å²) in [5, 5.41) is 0. The van der Waals surface area contributed by atoms with Crippen molar-refractivity contribution in [3.8, 4) is 0 Å². The van der Waals surface area contributed by atoms with Crippen LogP contribution in [0.2, 0.25) is 0 Å². The van der Waals surface area contributed by atoms with Gasteiger partial charge in [0.25, 0.3) is 0 Å². The second-order valence-corrected chi connectivity index (χ2v) is 5.39. The van der Waals surface area contributed by atoms with Gasteiger partial charge in [-0.25, -0.2) is 0 Å². The second kappa shape index (κ2) is 5.80. The molecule has 0 bridgehead atoms. The highest BCUT2D eigenvalue weighted by atomic mass is 79.9. The van der Waals surface area contributed by atoms with Crippen molar-refractivity contribution >= 4 is 15.9 Å². The topological polar surface area (TPSA) is 35.2 Å². The molecule has 90 valence electrons. The summed E-state index contributed by atoms with van der Waals surface area (Å²) in [4.78, 5) is 0. The Bertz CT molecular complexity index is 350. The number of hydrogen-bond donors (Lipinski definition) is 1. The van der Waals surface area contributed by atoms with Gasteiger partial charge in [-0.3, -0.25) is 0 Å². The third-order valence-corrected chi connectivity index (χ3v) is 3.56. The van der Waals surface area contributed by atoms with E-state index in [4.69, 9.17) is 10.5 Å². The molecule has 16 heavy (non-hydrogen) atoms. The molecule has 2 N–H and O–H groups in total. The third-order valence-electron chi connectivity index (χ3n) is 2.82. The Morgan fingerprint density at radius 2 is 2.06 bits per heavy atom. The van der Waals surface area contributed by atoms with E-state index >= 15 is 0 Å². The van der Waals surface area contributed by atoms with E-state index < -0.39 is 0 Å². The van der Waals surface area contributed by atoms with Crippen LogP contribution in [0.15, 0.2) is 22.7 Å². The van der Waals surface area contributed by atoms with Gasteiger partial charge in [0.15, 0.2) is 0 Å². The molecule has 0 aromatic heterocycles. The zero-order valence-electron chi connectivity index (χ0n) is 10.2. The molecule has 1 aromatic rings. The van der Waals surface area contributed by atoms with E-state index in [-0.39, 0.29) is 5.60 Å². The van der Waals surface area contributed by atoms with Crippen LogP contribution in [0.25, 0.3) is 0 Å². The van der Waals surface area contributed by atoms with Crippen molar-refractivity contribution in [3.05, 3.63) is 33.8 Å². The molecule has 0 saturated carbocycles. The molecular weight excluding hydrogens is 266 g/mol. The number of rotatable bonds is 5. The lowest BCUT2D eigenvalue weighted by Crippen LogP contribution is -2.22. The summed E-state index contributed by atoms with van der Waals surface area (Å²) in [6, 6.07) is 6.16. The van der Waals surface area contributed by atoms with Crippen LogP contribution in [0.3, 0.4) is 0 Å². The van der Waals surface area contributed by atoms with Crippen LogP contribution in [0.4, 0.5) is 0 Å². The Morgan fingerprint density at radius 3 is 2.56 bits per heavy atom. The van der Waals surface area contributed by atoms with Gasteiger partial charge < -0.3 is 10.5 Å². The molecule has 0 amide bonds. The first-order valence-corrected chi connectivity index (χ1v) is 6.39. The fourth-order valence-electron chi connectivity index (χ4n) is 1.21. The molecule has 0 saturated heterocycles. The van der Waals surface area contributed by atoms with Crippen LogP contribution in [0.1, 0.15) is 38.3 Å². The lowest BCUT2D eigenvalue weighted by Gasteiger charge is -2.23. The Hall–Kier alpha value is -0.380. The highest BCUT2D eigenvalue weighted by molar-refractivity contribution is 9.10. The standard InChI is InChI=1S/C13H20BrNO/c1-4-13(2,3)16-9-11-6-5-10(8-15)7-12(11)14/h5-7H,4,8-9,15H2,1-3H3. The van der Waals surface area contributed by atoms with Crippen molar-refractivity contribution in [2.45, 2.75) is 45.9 Å². The number of ether oxygens (including phenoxy) is 1. The zero-order chi connectivity index (χ0) is 12.2. The molecule has 0 aliphatic rings. The minimum absolute atomic E-state index is 0.0635. The fraction of sp³-hybridized carbons (Fsp3) is 0.538. The first kappa shape index (κ1) is 13.7. The van der Waals surface area contributed by atoms with Crippen LogP contribution in [0.5, 0.6) is 0 Å². The summed E-state index contributed by atoms with van der Waals surface area (Å²) in [5.74, 6) is 0. The van der Waals surface area contributed by atoms with Crippen molar-refractivity contribution in [2.24, 2.45) is 5.73 Å². The SMILES string of the molecule is CCC(C)(C)OCc1ccc(CN)cc1Br. The summed E-state index contributed by atoms with van der Waals surface area (Å²) < 4.78 is 6.93. The predicted octanol–water partition coefficient (Wildman–Crippen LogP) is 3.61. The van der Waals surface area contributed by atoms with E-state index in [0.717, 1.165) is 16.5 Å². The van der Waals surface area contributed by atoms with E-state index in [1.807, 2.05) is 6.07 Å². The maximum Gasteiger partial charge on any atom is 0.0735 e. The molecule has 0 fully saturated rings. The number of hydrogen-bond acceptors (Lipinski definition) is 2. The van der Waals surface area contributed by atoms with Crippen LogP contribution in [0, 0.1) is 0 Å². The average Bonchev–Trinajstić information content (AvgIpc) is 2.27. The maximum atomic E-state index is 5.86. The van der Waals surface area contributed by atoms with Crippen molar-refractivity contribution in [1.82, 2.24) is 0 Å². The molecule has 2 nitrogen and oxygen atoms in total. The van der Waals surface area contributed by atoms with Gasteiger partial charge in [-0.15, -0.1) is 0 Å². The Morgan fingerprint density at radius 1 is 1.38 bits per heavy atom. The van der Waals surface area contributed by atoms with Gasteiger partial charge in [-0.05, 0) is 37.5 Å². The van der Waals surface area contributed by atoms with E-state index in [1.54, 1.807) is 0 Å². The highest BCUT2D eigenvalue weighted by Crippen LogP contribution is 2.22. The Balaban J connectivity index is 2.68. The summed E-state index contributed by atoms with van der Waals surface area (Å²) in [6.45, 7) is 7.54. The molecule has 0 radical (unpaired) electrons. The largest absolute Gasteiger partial charge is 0.371 e. The van der Waals surface area contributed by atoms with Crippen molar-refractivity contribution in [2.75, 3.05) is 0 Å². The minimum Gasteiger partial charge on any atom is -0.371 e. The van der Waals surface area contributed by atoms with Gasteiger partial charge in [-0.1, -0.05) is 35.0 Å². The summed E-state index contributed by atoms with van der Waals surface area (Å²) in [5.41, 5.74) is 7.81. The van der Waals surface area contributed by atoms with E-state index in [1.165, 1.54) is 5.56 Å². The summed E-state index contributed by atoms with van der Waals surface area (Å²) >= 11 is 3.54. The van der Waals surface area contributed by atoms with Gasteiger partial charge in [0, 0.05) is 11.0 Å². The number of nitrogens with two attached hydrogens (primary N) is 1. The van der Waals surface area contributed by atoms with Gasteiger partial charge in [0.2, 0.25) is 0 Å². The molecule has 0 aliphatic carbocycles. The Labute approximate surface area is 106 Å². The molecular formula is C13H20BrNO. The first-order chi connectivity index (χ1) is 7.48. The molecule has 0 unspecified atom stereocenters. The van der Waals surface area contributed by atoms with Crippen molar-refractivity contribution in [1.29, 1.82) is 0 Å². The predicted molar refractivity (Wildman–Crippen MR) is 71.2 cm³/mol. The van der Waals surface area contributed by atoms with Gasteiger partial charge in [0.05, 0.1) is 12.2 Å². The normalized spacial score (nSPS) is 11.8. The second-order valence-electron chi connectivity index (χ2n) is 4.53. The van der Waals surface area contributed by atoms with Gasteiger partial charge in [0.1, 0.15) is 0 Å². The monoisotopic (exact) mass is 285 g/mol. The fourth-order valence-corrected chi connectivity index (χ4v) is 1.75. The maximum absolute atomic E-state index is 5.86. The molecule has 0 atom stereocenters. The third kappa shape index (κ3) is 3.89. The summed E-state index contributed by atoms with van der Waals surface area (Å²) in [7, 11) is 0. The van der Waals surface area contributed by atoms with E-state index in [0.29, 0.717) is 13.2 Å². The van der Waals surface area contributed by atoms with Crippen LogP contribution in [-0.4, -0.2) is 5.60 Å². The lowest BCUT2D eigenvalue weighted by molar-refractivity contribution is -0.0318. The van der Waals surface area contributed by atoms with E-state index in [2.05, 4.69) is 48.8 Å². The molecule has 0 heterocycles. The first-order valence-electron chi connectivity index (χ1n) is 5.60. The molecule has 0 spiro atoms. The molecule has 1 aromatic carbocycles. The van der Waals surface area contributed by atoms with Gasteiger partial charge >= 0.3 is 0 Å². The minimum atomic E-state index is -0.0635.